The predicted molar refractivity (Wildman–Crippen MR) is 91.5 cm³/mol. The van der Waals surface area contributed by atoms with Crippen LogP contribution < -0.4 is 11.1 Å². The molecule has 0 bridgehead atoms. The molecule has 3 N–H and O–H groups in total. The number of hydrogen-bond donors (Lipinski definition) is 2. The van der Waals surface area contributed by atoms with Gasteiger partial charge in [0.15, 0.2) is 5.16 Å². The van der Waals surface area contributed by atoms with Crippen LogP contribution in [0.15, 0.2) is 34.6 Å². The van der Waals surface area contributed by atoms with Crippen LogP contribution in [0.5, 0.6) is 0 Å². The lowest BCUT2D eigenvalue weighted by Gasteiger charge is -2.11. The van der Waals surface area contributed by atoms with Crippen molar-refractivity contribution in [1.82, 2.24) is 20.1 Å². The van der Waals surface area contributed by atoms with Gasteiger partial charge in [0, 0.05) is 31.3 Å². The minimum absolute atomic E-state index is 0. The Morgan fingerprint density at radius 3 is 2.79 bits per heavy atom. The zero-order valence-electron chi connectivity index (χ0n) is 13.0. The number of carbonyl (C=O) groups is 1. The Bertz CT molecular complexity index is 738. The molecule has 0 aliphatic heterocycles. The molecule has 0 radical (unpaired) electrons. The van der Waals surface area contributed by atoms with Crippen LogP contribution >= 0.6 is 24.2 Å². The number of hydrogen-bond acceptors (Lipinski definition) is 7. The van der Waals surface area contributed by atoms with Crippen LogP contribution in [0.3, 0.4) is 0 Å². The van der Waals surface area contributed by atoms with E-state index in [-0.39, 0.29) is 36.2 Å². The third-order valence-corrected chi connectivity index (χ3v) is 4.14. The molecule has 11 heteroatoms. The van der Waals surface area contributed by atoms with Gasteiger partial charge in [-0.3, -0.25) is 14.9 Å². The van der Waals surface area contributed by atoms with Gasteiger partial charge in [-0.1, -0.05) is 0 Å². The molecule has 0 aliphatic carbocycles. The highest BCUT2D eigenvalue weighted by Gasteiger charge is 2.20. The second kappa shape index (κ2) is 8.62. The SMILES string of the molecule is C[C@@H](CN)NC(=O)c1ccc(Sc2nncn2C)c([N+](=O)[O-])c1.Cl. The molecular weight excluding hydrogens is 356 g/mol. The number of rotatable bonds is 6. The summed E-state index contributed by atoms with van der Waals surface area (Å²) in [6.07, 6.45) is 1.50. The molecule has 1 amide bonds. The third kappa shape index (κ3) is 4.66. The summed E-state index contributed by atoms with van der Waals surface area (Å²) in [6, 6.07) is 4.09. The highest BCUT2D eigenvalue weighted by Crippen LogP contribution is 2.34. The van der Waals surface area contributed by atoms with Gasteiger partial charge in [0.05, 0.1) is 9.82 Å². The zero-order valence-corrected chi connectivity index (χ0v) is 14.6. The van der Waals surface area contributed by atoms with Gasteiger partial charge in [0.1, 0.15) is 6.33 Å². The van der Waals surface area contributed by atoms with Crippen molar-refractivity contribution in [3.63, 3.8) is 0 Å². The Morgan fingerprint density at radius 1 is 1.54 bits per heavy atom. The number of aromatic nitrogens is 3. The fourth-order valence-corrected chi connectivity index (χ4v) is 2.57. The molecule has 0 saturated heterocycles. The van der Waals surface area contributed by atoms with E-state index in [9.17, 15) is 14.9 Å². The van der Waals surface area contributed by atoms with E-state index in [0.717, 1.165) is 11.8 Å². The summed E-state index contributed by atoms with van der Waals surface area (Å²) in [6.45, 7) is 2.04. The molecule has 9 nitrogen and oxygen atoms in total. The van der Waals surface area contributed by atoms with Gasteiger partial charge in [-0.25, -0.2) is 0 Å². The minimum atomic E-state index is -0.526. The van der Waals surface area contributed by atoms with Crippen LogP contribution in [0.25, 0.3) is 0 Å². The lowest BCUT2D eigenvalue weighted by molar-refractivity contribution is -0.387. The maximum absolute atomic E-state index is 12.0. The van der Waals surface area contributed by atoms with Crippen molar-refractivity contribution in [2.45, 2.75) is 23.0 Å². The number of benzene rings is 1. The van der Waals surface area contributed by atoms with E-state index in [2.05, 4.69) is 15.5 Å². The molecule has 24 heavy (non-hydrogen) atoms. The fourth-order valence-electron chi connectivity index (χ4n) is 1.72. The number of nitrogens with one attached hydrogen (secondary N) is 1. The largest absolute Gasteiger partial charge is 0.348 e. The summed E-state index contributed by atoms with van der Waals surface area (Å²) < 4.78 is 1.65. The summed E-state index contributed by atoms with van der Waals surface area (Å²) in [5, 5.41) is 22.1. The van der Waals surface area contributed by atoms with Crippen LogP contribution in [0.1, 0.15) is 17.3 Å². The number of nitro benzene ring substituents is 1. The molecule has 0 saturated carbocycles. The first kappa shape index (κ1) is 19.9. The second-order valence-corrected chi connectivity index (χ2v) is 5.89. The second-order valence-electron chi connectivity index (χ2n) is 4.88. The number of halogens is 1. The van der Waals surface area contributed by atoms with Crippen molar-refractivity contribution in [3.05, 3.63) is 40.2 Å². The molecule has 0 spiro atoms. The van der Waals surface area contributed by atoms with Gasteiger partial charge in [-0.15, -0.1) is 22.6 Å². The van der Waals surface area contributed by atoms with E-state index in [0.29, 0.717) is 10.1 Å². The lowest BCUT2D eigenvalue weighted by atomic mass is 10.1. The monoisotopic (exact) mass is 372 g/mol. The third-order valence-electron chi connectivity index (χ3n) is 3.02. The maximum Gasteiger partial charge on any atom is 0.284 e. The molecule has 1 heterocycles. The molecule has 0 fully saturated rings. The molecule has 2 rings (SSSR count). The number of amides is 1. The van der Waals surface area contributed by atoms with Crippen molar-refractivity contribution in [1.29, 1.82) is 0 Å². The highest BCUT2D eigenvalue weighted by molar-refractivity contribution is 7.99. The average molecular weight is 373 g/mol. The van der Waals surface area contributed by atoms with Gasteiger partial charge in [-0.05, 0) is 30.8 Å². The lowest BCUT2D eigenvalue weighted by Crippen LogP contribution is -2.37. The van der Waals surface area contributed by atoms with Crippen LogP contribution in [-0.2, 0) is 7.05 Å². The molecule has 130 valence electrons. The van der Waals surface area contributed by atoms with Crippen LogP contribution in [-0.4, -0.2) is 38.2 Å². The quantitative estimate of drug-likeness (QED) is 0.578. The molecule has 1 aromatic carbocycles. The van der Waals surface area contributed by atoms with Crippen LogP contribution in [0.2, 0.25) is 0 Å². The number of nitro groups is 1. The van der Waals surface area contributed by atoms with Gasteiger partial charge < -0.3 is 15.6 Å². The standard InChI is InChI=1S/C13H16N6O3S.ClH/c1-8(6-14)16-12(20)9-3-4-11(10(5-9)19(21)22)23-13-17-15-7-18(13)2;/h3-5,7-8H,6,14H2,1-2H3,(H,16,20);1H/t8-;/m0./s1. The molecule has 1 aromatic heterocycles. The Balaban J connectivity index is 0.00000288. The number of nitrogens with two attached hydrogens (primary N) is 1. The molecule has 0 unspecified atom stereocenters. The first-order valence-electron chi connectivity index (χ1n) is 6.73. The van der Waals surface area contributed by atoms with E-state index in [4.69, 9.17) is 5.73 Å². The summed E-state index contributed by atoms with van der Waals surface area (Å²) >= 11 is 1.11. The van der Waals surface area contributed by atoms with E-state index in [1.54, 1.807) is 18.5 Å². The van der Waals surface area contributed by atoms with Crippen molar-refractivity contribution in [2.75, 3.05) is 6.54 Å². The first-order chi connectivity index (χ1) is 10.9. The average Bonchev–Trinajstić information content (AvgIpc) is 2.92. The zero-order chi connectivity index (χ0) is 17.0. The van der Waals surface area contributed by atoms with Crippen molar-refractivity contribution < 1.29 is 9.72 Å². The van der Waals surface area contributed by atoms with Crippen molar-refractivity contribution in [3.8, 4) is 0 Å². The molecule has 1 atom stereocenters. The Morgan fingerprint density at radius 2 is 2.25 bits per heavy atom. The molecular formula is C13H17ClN6O3S. The van der Waals surface area contributed by atoms with Gasteiger partial charge in [-0.2, -0.15) is 0 Å². The van der Waals surface area contributed by atoms with Gasteiger partial charge >= 0.3 is 0 Å². The van der Waals surface area contributed by atoms with E-state index in [1.165, 1.54) is 24.5 Å². The summed E-state index contributed by atoms with van der Waals surface area (Å²) in [7, 11) is 1.74. The minimum Gasteiger partial charge on any atom is -0.348 e. The highest BCUT2D eigenvalue weighted by atomic mass is 35.5. The summed E-state index contributed by atoms with van der Waals surface area (Å²) in [5.41, 5.74) is 5.50. The Kier molecular flexibility index (Phi) is 7.14. The van der Waals surface area contributed by atoms with Crippen LogP contribution in [0.4, 0.5) is 5.69 Å². The Labute approximate surface area is 148 Å². The Hall–Kier alpha value is -2.17. The van der Waals surface area contributed by atoms with Crippen LogP contribution in [0, 0.1) is 10.1 Å². The maximum atomic E-state index is 12.0. The smallest absolute Gasteiger partial charge is 0.284 e. The van der Waals surface area contributed by atoms with Crippen molar-refractivity contribution >= 4 is 35.8 Å². The van der Waals surface area contributed by atoms with Gasteiger partial charge in [0.25, 0.3) is 11.6 Å². The number of nitrogens with zero attached hydrogens (tertiary/aromatic N) is 4. The molecule has 2 aromatic rings. The first-order valence-corrected chi connectivity index (χ1v) is 7.55. The van der Waals surface area contributed by atoms with E-state index in [1.807, 2.05) is 0 Å². The number of aryl methyl sites for hydroxylation is 1. The van der Waals surface area contributed by atoms with Gasteiger partial charge in [0.2, 0.25) is 0 Å². The predicted octanol–water partition coefficient (Wildman–Crippen LogP) is 1.37. The summed E-state index contributed by atoms with van der Waals surface area (Å²) in [5.74, 6) is -0.402. The van der Waals surface area contributed by atoms with E-state index < -0.39 is 10.8 Å². The summed E-state index contributed by atoms with van der Waals surface area (Å²) in [4.78, 5) is 23.2. The molecule has 0 aliphatic rings. The number of carbonyl (C=O) groups excluding carboxylic acids is 1. The van der Waals surface area contributed by atoms with E-state index >= 15 is 0 Å². The topological polar surface area (TPSA) is 129 Å². The normalized spacial score (nSPS) is 11.5. The van der Waals surface area contributed by atoms with Crippen molar-refractivity contribution in [2.24, 2.45) is 12.8 Å². The fraction of sp³-hybridized carbons (Fsp3) is 0.308.